The van der Waals surface area contributed by atoms with Crippen LogP contribution in [0.25, 0.3) is 0 Å². The van der Waals surface area contributed by atoms with Crippen molar-refractivity contribution in [1.82, 2.24) is 0 Å². The Morgan fingerprint density at radius 2 is 2.60 bits per heavy atom. The number of allylic oxidation sites excluding steroid dienone is 1. The zero-order valence-electron chi connectivity index (χ0n) is 5.87. The Kier molecular flexibility index (Phi) is 2.45. The fourth-order valence-corrected chi connectivity index (χ4v) is 0.524. The normalized spacial score (nSPS) is 23.1. The molecule has 0 radical (unpaired) electrons. The number of carbonyl (C=O) groups is 1. The Hall–Kier alpha value is -0.830. The topological polar surface area (TPSA) is 38.8 Å². The molecule has 0 unspecified atom stereocenters. The van der Waals surface area contributed by atoms with Crippen LogP contribution in [0.4, 0.5) is 0 Å². The van der Waals surface area contributed by atoms with Crippen molar-refractivity contribution in [2.45, 2.75) is 13.0 Å². The Morgan fingerprint density at radius 3 is 3.10 bits per heavy atom. The van der Waals surface area contributed by atoms with E-state index in [1.165, 1.54) is 6.08 Å². The molecule has 56 valence electrons. The summed E-state index contributed by atoms with van der Waals surface area (Å²) in [7, 11) is 0. The van der Waals surface area contributed by atoms with E-state index in [1.807, 2.05) is 0 Å². The summed E-state index contributed by atoms with van der Waals surface area (Å²) in [4.78, 5) is 10.6. The molecule has 0 aromatic rings. The molecule has 1 aliphatic heterocycles. The highest BCUT2D eigenvalue weighted by Crippen LogP contribution is 2.08. The van der Waals surface area contributed by atoms with Gasteiger partial charge in [-0.1, -0.05) is 6.08 Å². The average Bonchev–Trinajstić information content (AvgIpc) is 2.67. The Labute approximate surface area is 59.6 Å². The molecule has 10 heavy (non-hydrogen) atoms. The van der Waals surface area contributed by atoms with Crippen LogP contribution in [-0.2, 0) is 14.3 Å². The Bertz CT molecular complexity index is 147. The first kappa shape index (κ1) is 7.28. The van der Waals surface area contributed by atoms with Crippen molar-refractivity contribution in [2.24, 2.45) is 0 Å². The molecule has 0 saturated carbocycles. The zero-order chi connectivity index (χ0) is 7.40. The van der Waals surface area contributed by atoms with Gasteiger partial charge in [-0.05, 0) is 6.92 Å². The van der Waals surface area contributed by atoms with Gasteiger partial charge in [0.1, 0.15) is 12.7 Å². The molecule has 0 amide bonds. The highest BCUT2D eigenvalue weighted by Gasteiger charge is 2.23. The first-order valence-corrected chi connectivity index (χ1v) is 3.24. The SMILES string of the molecule is C/C=C\C(=O)OC[C@@H]1CO1. The number of carbonyl (C=O) groups excluding carboxylic acids is 1. The summed E-state index contributed by atoms with van der Waals surface area (Å²) in [5.41, 5.74) is 0. The predicted octanol–water partition coefficient (Wildman–Crippen LogP) is 0.505. The van der Waals surface area contributed by atoms with Gasteiger partial charge in [0.05, 0.1) is 6.61 Å². The molecule has 0 N–H and O–H groups in total. The molecule has 3 nitrogen and oxygen atoms in total. The minimum Gasteiger partial charge on any atom is -0.460 e. The van der Waals surface area contributed by atoms with E-state index >= 15 is 0 Å². The lowest BCUT2D eigenvalue weighted by Crippen LogP contribution is -2.06. The molecule has 0 aliphatic carbocycles. The molecule has 0 spiro atoms. The Balaban J connectivity index is 2.05. The van der Waals surface area contributed by atoms with E-state index in [4.69, 9.17) is 9.47 Å². The second-order valence-electron chi connectivity index (χ2n) is 2.09. The molecule has 1 saturated heterocycles. The van der Waals surface area contributed by atoms with Crippen LogP contribution in [0, 0.1) is 0 Å². The minimum atomic E-state index is -0.294. The molecule has 0 bridgehead atoms. The molecule has 0 aromatic heterocycles. The number of hydrogen-bond donors (Lipinski definition) is 0. The van der Waals surface area contributed by atoms with E-state index in [9.17, 15) is 4.79 Å². The first-order chi connectivity index (χ1) is 4.83. The highest BCUT2D eigenvalue weighted by molar-refractivity contribution is 5.81. The molecular formula is C7H10O3. The molecule has 0 aromatic carbocycles. The summed E-state index contributed by atoms with van der Waals surface area (Å²) in [5.74, 6) is -0.294. The summed E-state index contributed by atoms with van der Waals surface area (Å²) in [6, 6.07) is 0. The highest BCUT2D eigenvalue weighted by atomic mass is 16.6. The van der Waals surface area contributed by atoms with Gasteiger partial charge in [0, 0.05) is 6.08 Å². The van der Waals surface area contributed by atoms with Gasteiger partial charge in [0.15, 0.2) is 0 Å². The first-order valence-electron chi connectivity index (χ1n) is 3.24. The molecule has 3 heteroatoms. The molecule has 1 heterocycles. The van der Waals surface area contributed by atoms with Crippen LogP contribution in [0.3, 0.4) is 0 Å². The average molecular weight is 142 g/mol. The van der Waals surface area contributed by atoms with E-state index in [2.05, 4.69) is 0 Å². The van der Waals surface area contributed by atoms with E-state index < -0.39 is 0 Å². The summed E-state index contributed by atoms with van der Waals surface area (Å²) >= 11 is 0. The second-order valence-corrected chi connectivity index (χ2v) is 2.09. The molecule has 1 aliphatic rings. The number of esters is 1. The third kappa shape index (κ3) is 2.64. The monoisotopic (exact) mass is 142 g/mol. The van der Waals surface area contributed by atoms with Crippen molar-refractivity contribution < 1.29 is 14.3 Å². The Morgan fingerprint density at radius 1 is 1.90 bits per heavy atom. The summed E-state index contributed by atoms with van der Waals surface area (Å²) in [6.07, 6.45) is 3.20. The predicted molar refractivity (Wildman–Crippen MR) is 35.5 cm³/mol. The largest absolute Gasteiger partial charge is 0.460 e. The second kappa shape index (κ2) is 3.37. The van der Waals surface area contributed by atoms with E-state index in [0.717, 1.165) is 6.61 Å². The van der Waals surface area contributed by atoms with Crippen LogP contribution in [-0.4, -0.2) is 25.3 Å². The van der Waals surface area contributed by atoms with Crippen LogP contribution >= 0.6 is 0 Å². The maximum atomic E-state index is 10.6. The van der Waals surface area contributed by atoms with E-state index in [1.54, 1.807) is 13.0 Å². The quantitative estimate of drug-likeness (QED) is 0.327. The van der Waals surface area contributed by atoms with Gasteiger partial charge in [0.2, 0.25) is 0 Å². The number of ether oxygens (including phenoxy) is 2. The third-order valence-corrected chi connectivity index (χ3v) is 1.12. The third-order valence-electron chi connectivity index (χ3n) is 1.12. The summed E-state index contributed by atoms with van der Waals surface area (Å²) < 4.78 is 9.59. The van der Waals surface area contributed by atoms with Crippen LogP contribution in [0.15, 0.2) is 12.2 Å². The van der Waals surface area contributed by atoms with Gasteiger partial charge in [-0.2, -0.15) is 0 Å². The van der Waals surface area contributed by atoms with E-state index in [-0.39, 0.29) is 12.1 Å². The van der Waals surface area contributed by atoms with E-state index in [0.29, 0.717) is 6.61 Å². The zero-order valence-corrected chi connectivity index (χ0v) is 5.87. The fourth-order valence-electron chi connectivity index (χ4n) is 0.524. The van der Waals surface area contributed by atoms with Gasteiger partial charge in [-0.15, -0.1) is 0 Å². The standard InChI is InChI=1S/C7H10O3/c1-2-3-7(8)10-5-6-4-9-6/h2-3,6H,4-5H2,1H3/b3-2-/t6-/m0/s1. The number of hydrogen-bond acceptors (Lipinski definition) is 3. The molecule has 1 atom stereocenters. The van der Waals surface area contributed by atoms with Gasteiger partial charge in [0.25, 0.3) is 0 Å². The van der Waals surface area contributed by atoms with Gasteiger partial charge < -0.3 is 9.47 Å². The van der Waals surface area contributed by atoms with Crippen molar-refractivity contribution in [3.63, 3.8) is 0 Å². The van der Waals surface area contributed by atoms with Gasteiger partial charge in [-0.3, -0.25) is 0 Å². The van der Waals surface area contributed by atoms with Crippen molar-refractivity contribution in [2.75, 3.05) is 13.2 Å². The lowest BCUT2D eigenvalue weighted by Gasteiger charge is -1.95. The lowest BCUT2D eigenvalue weighted by molar-refractivity contribution is -0.138. The van der Waals surface area contributed by atoms with Crippen LogP contribution in [0.5, 0.6) is 0 Å². The van der Waals surface area contributed by atoms with Crippen LogP contribution in [0.2, 0.25) is 0 Å². The van der Waals surface area contributed by atoms with Gasteiger partial charge in [-0.25, -0.2) is 4.79 Å². The smallest absolute Gasteiger partial charge is 0.330 e. The lowest BCUT2D eigenvalue weighted by atomic mass is 10.5. The fraction of sp³-hybridized carbons (Fsp3) is 0.571. The molecular weight excluding hydrogens is 132 g/mol. The summed E-state index contributed by atoms with van der Waals surface area (Å²) in [5, 5.41) is 0. The molecule has 1 rings (SSSR count). The number of rotatable bonds is 3. The maximum Gasteiger partial charge on any atom is 0.330 e. The van der Waals surface area contributed by atoms with Crippen LogP contribution < -0.4 is 0 Å². The van der Waals surface area contributed by atoms with Crippen molar-refractivity contribution in [3.05, 3.63) is 12.2 Å². The van der Waals surface area contributed by atoms with Crippen molar-refractivity contribution >= 4 is 5.97 Å². The number of epoxide rings is 1. The van der Waals surface area contributed by atoms with Crippen LogP contribution in [0.1, 0.15) is 6.92 Å². The van der Waals surface area contributed by atoms with Crippen molar-refractivity contribution in [3.8, 4) is 0 Å². The minimum absolute atomic E-state index is 0.161. The van der Waals surface area contributed by atoms with Crippen molar-refractivity contribution in [1.29, 1.82) is 0 Å². The molecule has 1 fully saturated rings. The summed E-state index contributed by atoms with van der Waals surface area (Å²) in [6.45, 7) is 2.89. The van der Waals surface area contributed by atoms with Gasteiger partial charge >= 0.3 is 5.97 Å². The maximum absolute atomic E-state index is 10.6.